The van der Waals surface area contributed by atoms with Crippen molar-refractivity contribution in [3.05, 3.63) is 119 Å². The Kier molecular flexibility index (Phi) is 10.9. The zero-order valence-electron chi connectivity index (χ0n) is 24.4. The SMILES string of the molecule is CCOc1cccc(CCN(CCC(=O)O)C(=O)c2ccccc2-c2ccccc2C(=O)NCc2ccccc2OC)c1. The molecule has 4 rings (SSSR count). The van der Waals surface area contributed by atoms with E-state index in [4.69, 9.17) is 9.47 Å². The summed E-state index contributed by atoms with van der Waals surface area (Å²) in [6, 6.07) is 29.4. The predicted molar refractivity (Wildman–Crippen MR) is 166 cm³/mol. The van der Waals surface area contributed by atoms with Crippen LogP contribution < -0.4 is 14.8 Å². The number of carboxylic acids is 1. The Balaban J connectivity index is 1.60. The Morgan fingerprint density at radius 3 is 2.21 bits per heavy atom. The minimum atomic E-state index is -0.985. The maximum absolute atomic E-state index is 14.0. The third kappa shape index (κ3) is 8.23. The van der Waals surface area contributed by atoms with Gasteiger partial charge < -0.3 is 24.8 Å². The van der Waals surface area contributed by atoms with E-state index < -0.39 is 5.97 Å². The first-order valence-corrected chi connectivity index (χ1v) is 14.2. The summed E-state index contributed by atoms with van der Waals surface area (Å²) in [5, 5.41) is 12.4. The number of para-hydroxylation sites is 1. The van der Waals surface area contributed by atoms with Gasteiger partial charge in [-0.15, -0.1) is 0 Å². The summed E-state index contributed by atoms with van der Waals surface area (Å²) < 4.78 is 11.0. The third-order valence-corrected chi connectivity index (χ3v) is 7.01. The molecule has 43 heavy (non-hydrogen) atoms. The van der Waals surface area contributed by atoms with Gasteiger partial charge in [0, 0.05) is 36.3 Å². The van der Waals surface area contributed by atoms with Crippen LogP contribution in [0.2, 0.25) is 0 Å². The molecular formula is C35H36N2O6. The monoisotopic (exact) mass is 580 g/mol. The van der Waals surface area contributed by atoms with Crippen molar-refractivity contribution >= 4 is 17.8 Å². The standard InChI is InChI=1S/C35H36N2O6/c1-3-43-27-13-10-11-25(23-27)19-21-37(22-20-33(38)39)35(41)31-17-8-6-15-29(31)28-14-5-7-16-30(28)34(40)36-24-26-12-4-9-18-32(26)42-2/h4-18,23H,3,19-22,24H2,1-2H3,(H,36,40)(H,38,39). The van der Waals surface area contributed by atoms with Crippen molar-refractivity contribution in [2.24, 2.45) is 0 Å². The number of hydrogen-bond acceptors (Lipinski definition) is 5. The molecule has 0 fully saturated rings. The molecule has 0 aliphatic carbocycles. The van der Waals surface area contributed by atoms with Crippen LogP contribution in [0.15, 0.2) is 97.1 Å². The molecule has 0 aliphatic heterocycles. The number of aliphatic carboxylic acids is 1. The average Bonchev–Trinajstić information content (AvgIpc) is 3.03. The van der Waals surface area contributed by atoms with Gasteiger partial charge in [0.25, 0.3) is 11.8 Å². The number of carboxylic acid groups (broad SMARTS) is 1. The van der Waals surface area contributed by atoms with Gasteiger partial charge in [0.1, 0.15) is 11.5 Å². The fourth-order valence-corrected chi connectivity index (χ4v) is 4.88. The summed E-state index contributed by atoms with van der Waals surface area (Å²) >= 11 is 0. The molecule has 0 unspecified atom stereocenters. The zero-order valence-corrected chi connectivity index (χ0v) is 24.4. The topological polar surface area (TPSA) is 105 Å². The molecule has 0 spiro atoms. The highest BCUT2D eigenvalue weighted by molar-refractivity contribution is 6.06. The molecule has 0 aliphatic rings. The molecule has 8 heteroatoms. The van der Waals surface area contributed by atoms with Crippen LogP contribution in [0.3, 0.4) is 0 Å². The Bertz CT molecular complexity index is 1570. The van der Waals surface area contributed by atoms with E-state index in [2.05, 4.69) is 5.32 Å². The second kappa shape index (κ2) is 15.2. The van der Waals surface area contributed by atoms with Gasteiger partial charge in [0.2, 0.25) is 0 Å². The van der Waals surface area contributed by atoms with E-state index >= 15 is 0 Å². The van der Waals surface area contributed by atoms with Gasteiger partial charge in [-0.3, -0.25) is 14.4 Å². The van der Waals surface area contributed by atoms with Crippen molar-refractivity contribution in [2.75, 3.05) is 26.8 Å². The van der Waals surface area contributed by atoms with Crippen LogP contribution in [-0.2, 0) is 17.8 Å². The van der Waals surface area contributed by atoms with E-state index in [0.29, 0.717) is 47.6 Å². The second-order valence-electron chi connectivity index (χ2n) is 9.85. The second-order valence-corrected chi connectivity index (χ2v) is 9.85. The van der Waals surface area contributed by atoms with Crippen molar-refractivity contribution < 1.29 is 29.0 Å². The average molecular weight is 581 g/mol. The zero-order chi connectivity index (χ0) is 30.6. The van der Waals surface area contributed by atoms with Gasteiger partial charge in [0.05, 0.1) is 20.1 Å². The van der Waals surface area contributed by atoms with Crippen LogP contribution in [0.1, 0.15) is 45.2 Å². The molecule has 0 aromatic heterocycles. The fourth-order valence-electron chi connectivity index (χ4n) is 4.88. The Morgan fingerprint density at radius 2 is 1.49 bits per heavy atom. The number of carbonyl (C=O) groups is 3. The van der Waals surface area contributed by atoms with E-state index in [1.807, 2.05) is 73.7 Å². The van der Waals surface area contributed by atoms with Crippen LogP contribution in [0.25, 0.3) is 11.1 Å². The fraction of sp³-hybridized carbons (Fsp3) is 0.229. The minimum Gasteiger partial charge on any atom is -0.496 e. The molecular weight excluding hydrogens is 544 g/mol. The molecule has 0 heterocycles. The van der Waals surface area contributed by atoms with Gasteiger partial charge in [-0.25, -0.2) is 0 Å². The van der Waals surface area contributed by atoms with E-state index in [9.17, 15) is 19.5 Å². The molecule has 2 N–H and O–H groups in total. The summed E-state index contributed by atoms with van der Waals surface area (Å²) in [5.41, 5.74) is 3.82. The Hall–Kier alpha value is -5.11. The van der Waals surface area contributed by atoms with Gasteiger partial charge in [-0.2, -0.15) is 0 Å². The lowest BCUT2D eigenvalue weighted by molar-refractivity contribution is -0.137. The summed E-state index contributed by atoms with van der Waals surface area (Å²) in [6.07, 6.45) is 0.339. The quantitative estimate of drug-likeness (QED) is 0.194. The third-order valence-electron chi connectivity index (χ3n) is 7.01. The van der Waals surface area contributed by atoms with E-state index in [0.717, 1.165) is 16.9 Å². The van der Waals surface area contributed by atoms with Gasteiger partial charge >= 0.3 is 5.97 Å². The van der Waals surface area contributed by atoms with Crippen LogP contribution >= 0.6 is 0 Å². The molecule has 0 saturated heterocycles. The molecule has 4 aromatic rings. The molecule has 0 radical (unpaired) electrons. The van der Waals surface area contributed by atoms with Crippen molar-refractivity contribution in [1.29, 1.82) is 0 Å². The van der Waals surface area contributed by atoms with E-state index in [1.165, 1.54) is 0 Å². The number of benzene rings is 4. The van der Waals surface area contributed by atoms with Gasteiger partial charge in [-0.05, 0) is 60.4 Å². The van der Waals surface area contributed by atoms with Crippen LogP contribution in [0, 0.1) is 0 Å². The number of rotatable bonds is 14. The number of nitrogens with zero attached hydrogens (tertiary/aromatic N) is 1. The van der Waals surface area contributed by atoms with Crippen LogP contribution in [-0.4, -0.2) is 54.6 Å². The summed E-state index contributed by atoms with van der Waals surface area (Å²) in [5.74, 6) is -0.156. The highest BCUT2D eigenvalue weighted by Gasteiger charge is 2.23. The smallest absolute Gasteiger partial charge is 0.305 e. The number of amides is 2. The van der Waals surface area contributed by atoms with E-state index in [-0.39, 0.29) is 31.3 Å². The summed E-state index contributed by atoms with van der Waals surface area (Å²) in [6.45, 7) is 3.10. The first kappa shape index (κ1) is 30.8. The van der Waals surface area contributed by atoms with E-state index in [1.54, 1.807) is 42.3 Å². The number of hydrogen-bond donors (Lipinski definition) is 2. The van der Waals surface area contributed by atoms with Crippen LogP contribution in [0.5, 0.6) is 11.5 Å². The normalized spacial score (nSPS) is 10.6. The molecule has 8 nitrogen and oxygen atoms in total. The lowest BCUT2D eigenvalue weighted by Crippen LogP contribution is -2.35. The Morgan fingerprint density at radius 1 is 0.814 bits per heavy atom. The molecule has 222 valence electrons. The van der Waals surface area contributed by atoms with Crippen molar-refractivity contribution in [1.82, 2.24) is 10.2 Å². The predicted octanol–water partition coefficient (Wildman–Crippen LogP) is 5.85. The van der Waals surface area contributed by atoms with Crippen LogP contribution in [0.4, 0.5) is 0 Å². The largest absolute Gasteiger partial charge is 0.496 e. The van der Waals surface area contributed by atoms with Gasteiger partial charge in [-0.1, -0.05) is 66.7 Å². The van der Waals surface area contributed by atoms with Crippen molar-refractivity contribution in [2.45, 2.75) is 26.3 Å². The number of carbonyl (C=O) groups excluding carboxylic acids is 2. The molecule has 2 amide bonds. The molecule has 0 bridgehead atoms. The molecule has 4 aromatic carbocycles. The first-order chi connectivity index (χ1) is 20.9. The maximum Gasteiger partial charge on any atom is 0.305 e. The minimum absolute atomic E-state index is 0.0503. The van der Waals surface area contributed by atoms with Crippen molar-refractivity contribution in [3.63, 3.8) is 0 Å². The number of ether oxygens (including phenoxy) is 2. The highest BCUT2D eigenvalue weighted by atomic mass is 16.5. The maximum atomic E-state index is 14.0. The lowest BCUT2D eigenvalue weighted by Gasteiger charge is -2.24. The first-order valence-electron chi connectivity index (χ1n) is 14.2. The number of methoxy groups -OCH3 is 1. The summed E-state index contributed by atoms with van der Waals surface area (Å²) in [4.78, 5) is 40.4. The highest BCUT2D eigenvalue weighted by Crippen LogP contribution is 2.29. The molecule has 0 saturated carbocycles. The lowest BCUT2D eigenvalue weighted by atomic mass is 9.94. The molecule has 0 atom stereocenters. The Labute approximate surface area is 251 Å². The summed E-state index contributed by atoms with van der Waals surface area (Å²) in [7, 11) is 1.58. The number of nitrogens with one attached hydrogen (secondary N) is 1. The van der Waals surface area contributed by atoms with Crippen molar-refractivity contribution in [3.8, 4) is 22.6 Å². The van der Waals surface area contributed by atoms with Gasteiger partial charge in [0.15, 0.2) is 0 Å².